The lowest BCUT2D eigenvalue weighted by molar-refractivity contribution is -0.333. The van der Waals surface area contributed by atoms with Gasteiger partial charge in [0, 0.05) is 0 Å². The van der Waals surface area contributed by atoms with Gasteiger partial charge in [0.25, 0.3) is 0 Å². The third kappa shape index (κ3) is 3.91. The zero-order valence-corrected chi connectivity index (χ0v) is 6.80. The Morgan fingerprint density at radius 3 is 1.27 bits per heavy atom. The molecule has 0 bridgehead atoms. The number of carboxylic acids is 2. The van der Waals surface area contributed by atoms with E-state index in [4.69, 9.17) is 10.2 Å². The quantitative estimate of drug-likeness (QED) is 0.505. The van der Waals surface area contributed by atoms with Crippen molar-refractivity contribution in [3.63, 3.8) is 0 Å². The maximum atomic E-state index is 9.63. The number of hydrogen-bond donors (Lipinski definition) is 2. The number of hydrogen-bond acceptors (Lipinski definition) is 6. The van der Waals surface area contributed by atoms with Crippen LogP contribution in [-0.2, 0) is 9.59 Å². The average molecular weight is 229 g/mol. The number of halogens is 1. The number of carbonyl (C=O) groups excluding carboxylic acids is 2. The standard InChI is InChI=1S/C4H6O6.BrH/c5-1(3(7)8)2(6)4(9)10;/h1-2,5-6H,(H,7,8)(H,9,10);1H/p-2. The van der Waals surface area contributed by atoms with Crippen LogP contribution in [0.3, 0.4) is 0 Å². The third-order valence-electron chi connectivity index (χ3n) is 0.782. The molecule has 0 radical (unpaired) electrons. The van der Waals surface area contributed by atoms with Crippen molar-refractivity contribution in [3.8, 4) is 0 Å². The molecule has 7 heteroatoms. The minimum atomic E-state index is -2.44. The van der Waals surface area contributed by atoms with Crippen molar-refractivity contribution in [2.75, 3.05) is 0 Å². The lowest BCUT2D eigenvalue weighted by Crippen LogP contribution is -2.51. The van der Waals surface area contributed by atoms with E-state index in [9.17, 15) is 19.8 Å². The largest absolute Gasteiger partial charge is 0.547 e. The van der Waals surface area contributed by atoms with Crippen molar-refractivity contribution in [2.24, 2.45) is 0 Å². The normalized spacial score (nSPS) is 14.4. The Morgan fingerprint density at radius 1 is 1.00 bits per heavy atom. The first-order chi connectivity index (χ1) is 4.46. The molecule has 2 atom stereocenters. The van der Waals surface area contributed by atoms with Crippen LogP contribution in [0.5, 0.6) is 0 Å². The Labute approximate surface area is 71.8 Å². The summed E-state index contributed by atoms with van der Waals surface area (Å²) in [5, 5.41) is 35.7. The van der Waals surface area contributed by atoms with Gasteiger partial charge < -0.3 is 30.0 Å². The molecule has 0 amide bonds. The Balaban J connectivity index is 0. The molecule has 0 fully saturated rings. The summed E-state index contributed by atoms with van der Waals surface area (Å²) in [5.74, 6) is -4.12. The van der Waals surface area contributed by atoms with E-state index in [2.05, 4.69) is 0 Å². The highest BCUT2D eigenvalue weighted by Crippen LogP contribution is 1.88. The highest BCUT2D eigenvalue weighted by molar-refractivity contribution is 8.93. The van der Waals surface area contributed by atoms with Crippen LogP contribution in [0.15, 0.2) is 0 Å². The highest BCUT2D eigenvalue weighted by atomic mass is 79.9. The molecule has 11 heavy (non-hydrogen) atoms. The second-order valence-electron chi connectivity index (χ2n) is 1.53. The molecule has 0 spiro atoms. The Hall–Kier alpha value is -0.660. The van der Waals surface area contributed by atoms with Crippen LogP contribution in [0.1, 0.15) is 0 Å². The summed E-state index contributed by atoms with van der Waals surface area (Å²) < 4.78 is 0. The number of aliphatic hydroxyl groups is 2. The number of aliphatic carboxylic acids is 2. The summed E-state index contributed by atoms with van der Waals surface area (Å²) in [5.41, 5.74) is 0. The molecular weight excluding hydrogens is 224 g/mol. The average Bonchev–Trinajstić information content (AvgIpc) is 1.84. The van der Waals surface area contributed by atoms with Crippen LogP contribution in [0.4, 0.5) is 0 Å². The van der Waals surface area contributed by atoms with Gasteiger partial charge in [0.15, 0.2) is 0 Å². The molecule has 0 aromatic heterocycles. The van der Waals surface area contributed by atoms with Crippen molar-refractivity contribution in [1.29, 1.82) is 0 Å². The Bertz CT molecular complexity index is 139. The summed E-state index contributed by atoms with van der Waals surface area (Å²) in [6.45, 7) is 0. The van der Waals surface area contributed by atoms with E-state index in [-0.39, 0.29) is 17.0 Å². The maximum absolute atomic E-state index is 9.63. The second kappa shape index (κ2) is 5.05. The van der Waals surface area contributed by atoms with E-state index < -0.39 is 24.1 Å². The van der Waals surface area contributed by atoms with Gasteiger partial charge in [-0.1, -0.05) is 0 Å². The van der Waals surface area contributed by atoms with Crippen molar-refractivity contribution in [2.45, 2.75) is 12.2 Å². The van der Waals surface area contributed by atoms with Crippen LogP contribution in [0, 0.1) is 0 Å². The molecule has 6 nitrogen and oxygen atoms in total. The van der Waals surface area contributed by atoms with E-state index in [0.717, 1.165) is 0 Å². The van der Waals surface area contributed by atoms with Crippen molar-refractivity contribution >= 4 is 28.9 Å². The monoisotopic (exact) mass is 228 g/mol. The summed E-state index contributed by atoms with van der Waals surface area (Å²) in [7, 11) is 0. The molecule has 0 aliphatic heterocycles. The molecule has 0 rings (SSSR count). The SMILES string of the molecule is Br.O=C([O-])C(O)C(O)C(=O)[O-]. The fourth-order valence-electron chi connectivity index (χ4n) is 0.258. The number of rotatable bonds is 3. The zero-order chi connectivity index (χ0) is 8.31. The lowest BCUT2D eigenvalue weighted by atomic mass is 10.2. The zero-order valence-electron chi connectivity index (χ0n) is 5.09. The molecule has 0 aliphatic rings. The fraction of sp³-hybridized carbons (Fsp3) is 0.500. The van der Waals surface area contributed by atoms with E-state index in [0.29, 0.717) is 0 Å². The van der Waals surface area contributed by atoms with E-state index in [1.807, 2.05) is 0 Å². The highest BCUT2D eigenvalue weighted by Gasteiger charge is 2.17. The number of carbonyl (C=O) groups is 2. The van der Waals surface area contributed by atoms with Gasteiger partial charge in [-0.3, -0.25) is 0 Å². The number of carboxylic acid groups (broad SMARTS) is 2. The van der Waals surface area contributed by atoms with Gasteiger partial charge in [-0.05, 0) is 0 Å². The molecule has 0 saturated carbocycles. The minimum absolute atomic E-state index is 0. The summed E-state index contributed by atoms with van der Waals surface area (Å²) in [4.78, 5) is 19.3. The Morgan fingerprint density at radius 2 is 1.18 bits per heavy atom. The smallest absolute Gasteiger partial charge is 0.124 e. The molecule has 0 saturated heterocycles. The third-order valence-corrected chi connectivity index (χ3v) is 0.782. The Kier molecular flexibility index (Phi) is 5.96. The predicted molar refractivity (Wildman–Crippen MR) is 32.3 cm³/mol. The van der Waals surface area contributed by atoms with Crippen molar-refractivity contribution in [1.82, 2.24) is 0 Å². The number of aliphatic hydroxyl groups excluding tert-OH is 2. The van der Waals surface area contributed by atoms with Gasteiger partial charge in [0.2, 0.25) is 0 Å². The first-order valence-corrected chi connectivity index (χ1v) is 2.24. The van der Waals surface area contributed by atoms with Crippen molar-refractivity contribution < 1.29 is 30.0 Å². The van der Waals surface area contributed by atoms with Gasteiger partial charge in [-0.15, -0.1) is 17.0 Å². The topological polar surface area (TPSA) is 121 Å². The molecule has 2 unspecified atom stereocenters. The molecule has 2 N–H and O–H groups in total. The van der Waals surface area contributed by atoms with Crippen molar-refractivity contribution in [3.05, 3.63) is 0 Å². The molecular formula is C4H5BrO6-2. The fourth-order valence-corrected chi connectivity index (χ4v) is 0.258. The van der Waals surface area contributed by atoms with Crippen LogP contribution >= 0.6 is 17.0 Å². The van der Waals surface area contributed by atoms with Crippen LogP contribution in [0.2, 0.25) is 0 Å². The molecule has 0 aromatic carbocycles. The summed E-state index contributed by atoms with van der Waals surface area (Å²) in [6, 6.07) is 0. The second-order valence-corrected chi connectivity index (χ2v) is 1.53. The maximum Gasteiger partial charge on any atom is 0.124 e. The van der Waals surface area contributed by atoms with Crippen LogP contribution in [0.25, 0.3) is 0 Å². The molecule has 66 valence electrons. The summed E-state index contributed by atoms with van der Waals surface area (Å²) >= 11 is 0. The first-order valence-electron chi connectivity index (χ1n) is 2.24. The van der Waals surface area contributed by atoms with Gasteiger partial charge in [0.1, 0.15) is 12.2 Å². The molecule has 0 aliphatic carbocycles. The van der Waals surface area contributed by atoms with E-state index in [1.54, 1.807) is 0 Å². The first kappa shape index (κ1) is 13.0. The predicted octanol–water partition coefficient (Wildman–Crippen LogP) is -4.21. The van der Waals surface area contributed by atoms with Gasteiger partial charge in [-0.25, -0.2) is 0 Å². The minimum Gasteiger partial charge on any atom is -0.547 e. The summed E-state index contributed by atoms with van der Waals surface area (Å²) in [6.07, 6.45) is -4.88. The van der Waals surface area contributed by atoms with Crippen LogP contribution in [-0.4, -0.2) is 34.4 Å². The van der Waals surface area contributed by atoms with Gasteiger partial charge >= 0.3 is 0 Å². The lowest BCUT2D eigenvalue weighted by Gasteiger charge is -2.18. The molecule has 0 heterocycles. The molecule has 0 aromatic rings. The van der Waals surface area contributed by atoms with Gasteiger partial charge in [-0.2, -0.15) is 0 Å². The van der Waals surface area contributed by atoms with E-state index in [1.165, 1.54) is 0 Å². The van der Waals surface area contributed by atoms with Crippen LogP contribution < -0.4 is 10.2 Å². The van der Waals surface area contributed by atoms with Gasteiger partial charge in [0.05, 0.1) is 11.9 Å². The van der Waals surface area contributed by atoms with E-state index >= 15 is 0 Å².